The lowest BCUT2D eigenvalue weighted by molar-refractivity contribution is -0.117. The first-order valence-electron chi connectivity index (χ1n) is 6.49. The van der Waals surface area contributed by atoms with Crippen LogP contribution in [0.5, 0.6) is 0 Å². The number of carbonyl (C=O) groups excluding carboxylic acids is 2. The summed E-state index contributed by atoms with van der Waals surface area (Å²) >= 11 is 0. The molecule has 4 heteroatoms. The van der Waals surface area contributed by atoms with Crippen LogP contribution in [0.2, 0.25) is 0 Å². The van der Waals surface area contributed by atoms with Crippen molar-refractivity contribution in [3.8, 4) is 0 Å². The van der Waals surface area contributed by atoms with Gasteiger partial charge in [-0.25, -0.2) is 0 Å². The lowest BCUT2D eigenvalue weighted by Crippen LogP contribution is -2.33. The molecule has 1 aromatic carbocycles. The molecule has 104 valence electrons. The molecule has 0 aliphatic rings. The molecule has 4 nitrogen and oxygen atoms in total. The van der Waals surface area contributed by atoms with Crippen molar-refractivity contribution < 1.29 is 14.7 Å². The minimum absolute atomic E-state index is 0.143. The number of hydrogen-bond donors (Lipinski definition) is 2. The molecule has 0 saturated carbocycles. The summed E-state index contributed by atoms with van der Waals surface area (Å²) in [5.41, 5.74) is 1.42. The largest absolute Gasteiger partial charge is 0.393 e. The highest BCUT2D eigenvalue weighted by molar-refractivity contribution is 6.42. The Labute approximate surface area is 113 Å². The Kier molecular flexibility index (Phi) is 5.70. The number of carbonyl (C=O) groups is 2. The lowest BCUT2D eigenvalue weighted by Gasteiger charge is -2.14. The third-order valence-electron chi connectivity index (χ3n) is 3.02. The maximum atomic E-state index is 11.8. The Balaban J connectivity index is 2.45. The van der Waals surface area contributed by atoms with Gasteiger partial charge in [-0.2, -0.15) is 0 Å². The standard InChI is InChI=1S/C15H21NO3/c1-10(2)13(17)8-9-16-15(19)14(18)12-6-4-11(3)5-7-12/h4-7,10,13,17H,8-9H2,1-3H3,(H,16,19). The SMILES string of the molecule is Cc1ccc(C(=O)C(=O)NCCC(O)C(C)C)cc1. The van der Waals surface area contributed by atoms with Crippen molar-refractivity contribution >= 4 is 11.7 Å². The molecule has 0 saturated heterocycles. The Morgan fingerprint density at radius 3 is 2.32 bits per heavy atom. The van der Waals surface area contributed by atoms with E-state index in [1.54, 1.807) is 24.3 Å². The molecule has 19 heavy (non-hydrogen) atoms. The molecule has 1 atom stereocenters. The second-order valence-corrected chi connectivity index (χ2v) is 5.05. The summed E-state index contributed by atoms with van der Waals surface area (Å²) in [5.74, 6) is -1.02. The van der Waals surface area contributed by atoms with Gasteiger partial charge in [-0.1, -0.05) is 43.7 Å². The summed E-state index contributed by atoms with van der Waals surface area (Å²) in [7, 11) is 0. The number of ketones is 1. The van der Waals surface area contributed by atoms with Crippen molar-refractivity contribution in [3.63, 3.8) is 0 Å². The highest BCUT2D eigenvalue weighted by Gasteiger charge is 2.16. The third-order valence-corrected chi connectivity index (χ3v) is 3.02. The van der Waals surface area contributed by atoms with Gasteiger partial charge >= 0.3 is 0 Å². The molecule has 0 aromatic heterocycles. The number of Topliss-reactive ketones (excluding diaryl/α,β-unsaturated/α-hetero) is 1. The second-order valence-electron chi connectivity index (χ2n) is 5.05. The van der Waals surface area contributed by atoms with Crippen molar-refractivity contribution in [2.24, 2.45) is 5.92 Å². The molecule has 1 amide bonds. The Morgan fingerprint density at radius 2 is 1.79 bits per heavy atom. The number of nitrogens with one attached hydrogen (secondary N) is 1. The smallest absolute Gasteiger partial charge is 0.292 e. The molecule has 0 spiro atoms. The molecule has 1 rings (SSSR count). The van der Waals surface area contributed by atoms with Crippen molar-refractivity contribution in [2.75, 3.05) is 6.54 Å². The van der Waals surface area contributed by atoms with Gasteiger partial charge in [-0.15, -0.1) is 0 Å². The molecule has 0 aliphatic heterocycles. The number of rotatable bonds is 6. The van der Waals surface area contributed by atoms with E-state index in [9.17, 15) is 14.7 Å². The monoisotopic (exact) mass is 263 g/mol. The van der Waals surface area contributed by atoms with Gasteiger partial charge in [0.25, 0.3) is 5.91 Å². The minimum atomic E-state index is -0.625. The first-order chi connectivity index (χ1) is 8.91. The van der Waals surface area contributed by atoms with Crippen LogP contribution in [-0.2, 0) is 4.79 Å². The average Bonchev–Trinajstić information content (AvgIpc) is 2.38. The van der Waals surface area contributed by atoms with Crippen LogP contribution in [0.1, 0.15) is 36.2 Å². The predicted molar refractivity (Wildman–Crippen MR) is 74.0 cm³/mol. The summed E-state index contributed by atoms with van der Waals surface area (Å²) in [5, 5.41) is 12.1. The normalized spacial score (nSPS) is 12.3. The lowest BCUT2D eigenvalue weighted by atomic mass is 10.0. The van der Waals surface area contributed by atoms with Crippen LogP contribution in [0.15, 0.2) is 24.3 Å². The summed E-state index contributed by atoms with van der Waals surface area (Å²) in [6, 6.07) is 6.87. The predicted octanol–water partition coefficient (Wildman–Crippen LogP) is 1.70. The molecule has 0 heterocycles. The first kappa shape index (κ1) is 15.4. The van der Waals surface area contributed by atoms with Gasteiger partial charge in [0.05, 0.1) is 6.10 Å². The molecular formula is C15H21NO3. The molecule has 0 radical (unpaired) electrons. The van der Waals surface area contributed by atoms with E-state index in [4.69, 9.17) is 0 Å². The van der Waals surface area contributed by atoms with Gasteiger partial charge < -0.3 is 10.4 Å². The fourth-order valence-corrected chi connectivity index (χ4v) is 1.58. The number of hydrogen-bond acceptors (Lipinski definition) is 3. The van der Waals surface area contributed by atoms with Gasteiger partial charge in [-0.3, -0.25) is 9.59 Å². The molecule has 2 N–H and O–H groups in total. The highest BCUT2D eigenvalue weighted by atomic mass is 16.3. The van der Waals surface area contributed by atoms with E-state index < -0.39 is 17.8 Å². The minimum Gasteiger partial charge on any atom is -0.393 e. The van der Waals surface area contributed by atoms with Crippen molar-refractivity contribution in [2.45, 2.75) is 33.3 Å². The molecule has 0 fully saturated rings. The second kappa shape index (κ2) is 7.04. The van der Waals surface area contributed by atoms with Crippen molar-refractivity contribution in [1.29, 1.82) is 0 Å². The Morgan fingerprint density at radius 1 is 1.21 bits per heavy atom. The van der Waals surface area contributed by atoms with Gasteiger partial charge in [0.1, 0.15) is 0 Å². The zero-order valence-corrected chi connectivity index (χ0v) is 11.6. The van der Waals surface area contributed by atoms with E-state index in [2.05, 4.69) is 5.32 Å². The number of aryl methyl sites for hydroxylation is 1. The summed E-state index contributed by atoms with van der Waals surface area (Å²) in [4.78, 5) is 23.4. The van der Waals surface area contributed by atoms with E-state index in [1.807, 2.05) is 20.8 Å². The van der Waals surface area contributed by atoms with Crippen LogP contribution in [-0.4, -0.2) is 29.4 Å². The van der Waals surface area contributed by atoms with Gasteiger partial charge in [-0.05, 0) is 19.3 Å². The van der Waals surface area contributed by atoms with Crippen LogP contribution in [0.4, 0.5) is 0 Å². The quantitative estimate of drug-likeness (QED) is 0.606. The molecule has 1 unspecified atom stereocenters. The maximum Gasteiger partial charge on any atom is 0.292 e. The van der Waals surface area contributed by atoms with Crippen LogP contribution < -0.4 is 5.32 Å². The van der Waals surface area contributed by atoms with Crippen LogP contribution in [0.3, 0.4) is 0 Å². The Hall–Kier alpha value is -1.68. The van der Waals surface area contributed by atoms with E-state index in [0.29, 0.717) is 18.5 Å². The van der Waals surface area contributed by atoms with Gasteiger partial charge in [0.15, 0.2) is 0 Å². The zero-order chi connectivity index (χ0) is 14.4. The van der Waals surface area contributed by atoms with E-state index >= 15 is 0 Å². The summed E-state index contributed by atoms with van der Waals surface area (Å²) < 4.78 is 0. The number of benzene rings is 1. The molecule has 0 aliphatic carbocycles. The number of amides is 1. The maximum absolute atomic E-state index is 11.8. The fourth-order valence-electron chi connectivity index (χ4n) is 1.58. The first-order valence-corrected chi connectivity index (χ1v) is 6.49. The zero-order valence-electron chi connectivity index (χ0n) is 11.6. The Bertz CT molecular complexity index is 437. The van der Waals surface area contributed by atoms with E-state index in [1.165, 1.54) is 0 Å². The topological polar surface area (TPSA) is 66.4 Å². The van der Waals surface area contributed by atoms with Crippen LogP contribution in [0.25, 0.3) is 0 Å². The summed E-state index contributed by atoms with van der Waals surface area (Å²) in [6.07, 6.45) is -0.0142. The molecular weight excluding hydrogens is 242 g/mol. The van der Waals surface area contributed by atoms with Gasteiger partial charge in [0, 0.05) is 12.1 Å². The van der Waals surface area contributed by atoms with E-state index in [0.717, 1.165) is 5.56 Å². The average molecular weight is 263 g/mol. The molecule has 0 bridgehead atoms. The van der Waals surface area contributed by atoms with Gasteiger partial charge in [0.2, 0.25) is 5.78 Å². The van der Waals surface area contributed by atoms with E-state index in [-0.39, 0.29) is 5.92 Å². The van der Waals surface area contributed by atoms with Crippen molar-refractivity contribution in [1.82, 2.24) is 5.32 Å². The number of aliphatic hydroxyl groups excluding tert-OH is 1. The molecule has 1 aromatic rings. The fraction of sp³-hybridized carbons (Fsp3) is 0.467. The van der Waals surface area contributed by atoms with Crippen LogP contribution >= 0.6 is 0 Å². The van der Waals surface area contributed by atoms with Crippen molar-refractivity contribution in [3.05, 3.63) is 35.4 Å². The number of aliphatic hydroxyl groups is 1. The third kappa shape index (κ3) is 4.83. The highest BCUT2D eigenvalue weighted by Crippen LogP contribution is 2.05. The summed E-state index contributed by atoms with van der Waals surface area (Å²) in [6.45, 7) is 6.03. The van der Waals surface area contributed by atoms with Crippen LogP contribution in [0, 0.1) is 12.8 Å².